The summed E-state index contributed by atoms with van der Waals surface area (Å²) in [7, 11) is 1.46. The van der Waals surface area contributed by atoms with Gasteiger partial charge in [-0.15, -0.1) is 5.10 Å². The van der Waals surface area contributed by atoms with Crippen molar-refractivity contribution < 1.29 is 85.8 Å². The van der Waals surface area contributed by atoms with E-state index in [2.05, 4.69) is 5.10 Å². The van der Waals surface area contributed by atoms with Gasteiger partial charge in [-0.05, 0) is 36.1 Å². The molecule has 0 spiro atoms. The Kier molecular flexibility index (Phi) is 11.8. The first kappa shape index (κ1) is 28.9. The van der Waals surface area contributed by atoms with Gasteiger partial charge in [-0.2, -0.15) is 5.26 Å². The summed E-state index contributed by atoms with van der Waals surface area (Å²) in [4.78, 5) is 20.3. The van der Waals surface area contributed by atoms with Crippen LogP contribution in [0.2, 0.25) is 0 Å². The maximum atomic E-state index is 11.9. The fourth-order valence-electron chi connectivity index (χ4n) is 2.76. The van der Waals surface area contributed by atoms with Crippen molar-refractivity contribution in [3.05, 3.63) is 35.5 Å². The third-order valence-corrected chi connectivity index (χ3v) is 3.96. The van der Waals surface area contributed by atoms with E-state index in [1.807, 2.05) is 33.8 Å². The van der Waals surface area contributed by atoms with Gasteiger partial charge in [0.15, 0.2) is 6.04 Å². The van der Waals surface area contributed by atoms with Crippen molar-refractivity contribution in [2.75, 3.05) is 7.11 Å². The Morgan fingerprint density at radius 1 is 1.26 bits per heavy atom. The van der Waals surface area contributed by atoms with Crippen LogP contribution in [-0.2, 0) is 11.2 Å². The van der Waals surface area contributed by atoms with E-state index >= 15 is 0 Å². The molecule has 0 aliphatic rings. The van der Waals surface area contributed by atoms with Gasteiger partial charge in [0.2, 0.25) is 11.9 Å². The number of carboxylic acids is 1. The number of rotatable bonds is 6. The van der Waals surface area contributed by atoms with Gasteiger partial charge in [0.1, 0.15) is 5.75 Å². The van der Waals surface area contributed by atoms with Crippen LogP contribution in [0, 0.1) is 16.7 Å². The third kappa shape index (κ3) is 8.15. The number of aliphatic carboxylic acids is 1. The predicted octanol–water partition coefficient (Wildman–Crippen LogP) is -0.318. The van der Waals surface area contributed by atoms with Crippen LogP contribution in [0.15, 0.2) is 24.3 Å². The summed E-state index contributed by atoms with van der Waals surface area (Å²) in [6.07, 6.45) is -1.57. The summed E-state index contributed by atoms with van der Waals surface area (Å²) in [5.74, 6) is 0.151. The molecule has 2 N–H and O–H groups in total. The number of hydrogen-bond donors (Lipinski definition) is 2. The van der Waals surface area contributed by atoms with E-state index in [1.54, 1.807) is 24.3 Å². The van der Waals surface area contributed by atoms with Crippen molar-refractivity contribution in [1.82, 2.24) is 9.78 Å². The standard InChI is InChI=1S/C19H23N3O4.CH2O3.K/c1-6-14-15(26-13-9-7-12(11-20)8-10-13)17(25-5)21-22(14)16(18(23)24)19(2,3)4;2-1(3)4;/h7-10,16H,6H2,1-5H3,(H,23,24);(H2,2,3,4);/q;;+1/p-1. The molecule has 1 atom stereocenters. The molecule has 1 aromatic carbocycles. The van der Waals surface area contributed by atoms with Crippen LogP contribution in [0.25, 0.3) is 0 Å². The number of ether oxygens (including phenoxy) is 2. The van der Waals surface area contributed by atoms with Crippen LogP contribution >= 0.6 is 0 Å². The smallest absolute Gasteiger partial charge is 0.565 e. The maximum absolute atomic E-state index is 11.9. The molecule has 0 saturated carbocycles. The van der Waals surface area contributed by atoms with Crippen molar-refractivity contribution in [2.24, 2.45) is 5.41 Å². The van der Waals surface area contributed by atoms with Crippen molar-refractivity contribution in [1.29, 1.82) is 5.26 Å². The van der Waals surface area contributed by atoms with Gasteiger partial charge in [0.05, 0.1) is 24.4 Å². The summed E-state index contributed by atoms with van der Waals surface area (Å²) in [5, 5.41) is 38.3. The fraction of sp³-hybridized carbons (Fsp3) is 0.400. The van der Waals surface area contributed by atoms with Gasteiger partial charge in [-0.1, -0.05) is 27.7 Å². The molecule has 0 amide bonds. The van der Waals surface area contributed by atoms with Gasteiger partial charge in [-0.3, -0.25) is 0 Å². The molecule has 10 nitrogen and oxygen atoms in total. The molecule has 2 rings (SSSR count). The molecule has 0 saturated heterocycles. The third-order valence-electron chi connectivity index (χ3n) is 3.96. The molecular formula is C20H24KN3O7. The minimum absolute atomic E-state index is 0. The molecule has 0 fully saturated rings. The number of nitrogens with zero attached hydrogens (tertiary/aromatic N) is 3. The Labute approximate surface area is 222 Å². The molecular weight excluding hydrogens is 433 g/mol. The number of benzene rings is 1. The Hall–Kier alpha value is -2.10. The number of methoxy groups -OCH3 is 1. The first-order valence-electron chi connectivity index (χ1n) is 8.92. The van der Waals surface area contributed by atoms with Crippen LogP contribution in [0.4, 0.5) is 4.79 Å². The van der Waals surface area contributed by atoms with E-state index in [1.165, 1.54) is 11.8 Å². The van der Waals surface area contributed by atoms with E-state index in [0.29, 0.717) is 29.2 Å². The molecule has 1 unspecified atom stereocenters. The molecule has 0 radical (unpaired) electrons. The average Bonchev–Trinajstić information content (AvgIpc) is 2.97. The number of carbonyl (C=O) groups is 2. The quantitative estimate of drug-likeness (QED) is 0.555. The summed E-state index contributed by atoms with van der Waals surface area (Å²) in [6.45, 7) is 7.45. The van der Waals surface area contributed by atoms with Gasteiger partial charge < -0.3 is 29.6 Å². The van der Waals surface area contributed by atoms with E-state index < -0.39 is 23.6 Å². The van der Waals surface area contributed by atoms with E-state index in [4.69, 9.17) is 29.7 Å². The molecule has 0 aliphatic heterocycles. The molecule has 1 heterocycles. The molecule has 11 heteroatoms. The molecule has 31 heavy (non-hydrogen) atoms. The minimum Gasteiger partial charge on any atom is -0.565 e. The zero-order valence-electron chi connectivity index (χ0n) is 18.4. The molecule has 0 bridgehead atoms. The first-order chi connectivity index (χ1) is 14.0. The van der Waals surface area contributed by atoms with Gasteiger partial charge in [0, 0.05) is 0 Å². The van der Waals surface area contributed by atoms with Crippen molar-refractivity contribution >= 4 is 12.1 Å². The number of nitriles is 1. The zero-order chi connectivity index (χ0) is 23.1. The summed E-state index contributed by atoms with van der Waals surface area (Å²) in [6, 6.07) is 7.82. The fourth-order valence-corrected chi connectivity index (χ4v) is 2.76. The largest absolute Gasteiger partial charge is 1.00 e. The summed E-state index contributed by atoms with van der Waals surface area (Å²) in [5.41, 5.74) is 0.598. The van der Waals surface area contributed by atoms with Crippen LogP contribution < -0.4 is 66.0 Å². The molecule has 0 aliphatic carbocycles. The van der Waals surface area contributed by atoms with Crippen molar-refractivity contribution in [2.45, 2.75) is 40.2 Å². The normalized spacial score (nSPS) is 11.1. The maximum Gasteiger partial charge on any atom is 1.00 e. The topological polar surface area (TPSA) is 158 Å². The molecule has 162 valence electrons. The van der Waals surface area contributed by atoms with Gasteiger partial charge in [-0.25, -0.2) is 9.48 Å². The van der Waals surface area contributed by atoms with Crippen molar-refractivity contribution in [3.63, 3.8) is 0 Å². The second-order valence-corrected chi connectivity index (χ2v) is 7.19. The second-order valence-electron chi connectivity index (χ2n) is 7.19. The van der Waals surface area contributed by atoms with Gasteiger partial charge in [0.25, 0.3) is 5.88 Å². The van der Waals surface area contributed by atoms with E-state index in [0.717, 1.165) is 0 Å². The monoisotopic (exact) mass is 457 g/mol. The number of aromatic nitrogens is 2. The predicted molar refractivity (Wildman–Crippen MR) is 104 cm³/mol. The molecule has 2 aromatic rings. The molecule has 1 aromatic heterocycles. The van der Waals surface area contributed by atoms with Crippen LogP contribution in [0.5, 0.6) is 17.4 Å². The Morgan fingerprint density at radius 3 is 2.13 bits per heavy atom. The Balaban J connectivity index is 0.00000165. The average molecular weight is 458 g/mol. The first-order valence-corrected chi connectivity index (χ1v) is 8.92. The number of carboxylic acid groups (broad SMARTS) is 3. The Bertz CT molecular complexity index is 924. The van der Waals surface area contributed by atoms with Crippen LogP contribution in [-0.4, -0.2) is 39.2 Å². The van der Waals surface area contributed by atoms with Crippen molar-refractivity contribution in [3.8, 4) is 23.4 Å². The zero-order valence-corrected chi connectivity index (χ0v) is 21.5. The van der Waals surface area contributed by atoms with E-state index in [9.17, 15) is 9.90 Å². The Morgan fingerprint density at radius 2 is 1.77 bits per heavy atom. The summed E-state index contributed by atoms with van der Waals surface area (Å²) < 4.78 is 12.7. The van der Waals surface area contributed by atoms with Crippen LogP contribution in [0.3, 0.4) is 0 Å². The number of hydrogen-bond acceptors (Lipinski definition) is 7. The SMILES string of the molecule is CCc1c(Oc2ccc(C#N)cc2)c(OC)nn1C(C(=O)O)C(C)(C)C.O=C([O-])O.[K+]. The second kappa shape index (κ2) is 12.7. The van der Waals surface area contributed by atoms with Crippen LogP contribution in [0.1, 0.15) is 45.0 Å². The summed E-state index contributed by atoms with van der Waals surface area (Å²) >= 11 is 0. The minimum atomic E-state index is -2.08. The van der Waals surface area contributed by atoms with E-state index in [-0.39, 0.29) is 57.3 Å². The van der Waals surface area contributed by atoms with Gasteiger partial charge >= 0.3 is 57.4 Å².